The largest absolute Gasteiger partial charge is 0.358 e. The first-order valence-electron chi connectivity index (χ1n) is 6.87. The maximum atomic E-state index is 12.2. The fraction of sp³-hybridized carbons (Fsp3) is 0.400. The van der Waals surface area contributed by atoms with E-state index in [-0.39, 0.29) is 11.2 Å². The Morgan fingerprint density at radius 2 is 2.10 bits per heavy atom. The van der Waals surface area contributed by atoms with Crippen LogP contribution in [0.3, 0.4) is 0 Å². The number of nitrogens with one attached hydrogen (secondary N) is 1. The molecule has 1 aliphatic heterocycles. The van der Waals surface area contributed by atoms with Crippen LogP contribution >= 0.6 is 24.0 Å². The molecular formula is C15H17N3OS2. The van der Waals surface area contributed by atoms with E-state index < -0.39 is 0 Å². The Morgan fingerprint density at radius 3 is 2.76 bits per heavy atom. The molecule has 1 aromatic carbocycles. The molecule has 110 valence electrons. The number of nitriles is 1. The first kappa shape index (κ1) is 15.8. The van der Waals surface area contributed by atoms with Gasteiger partial charge in [-0.05, 0) is 31.9 Å². The van der Waals surface area contributed by atoms with Crippen LogP contribution < -0.4 is 5.32 Å². The Labute approximate surface area is 134 Å². The highest BCUT2D eigenvalue weighted by atomic mass is 32.2. The van der Waals surface area contributed by atoms with Crippen molar-refractivity contribution in [2.24, 2.45) is 0 Å². The monoisotopic (exact) mass is 319 g/mol. The molecular weight excluding hydrogens is 302 g/mol. The van der Waals surface area contributed by atoms with E-state index in [9.17, 15) is 4.79 Å². The summed E-state index contributed by atoms with van der Waals surface area (Å²) in [6.45, 7) is 3.80. The summed E-state index contributed by atoms with van der Waals surface area (Å²) in [5.74, 6) is -0.135. The van der Waals surface area contributed by atoms with Gasteiger partial charge in [0.2, 0.25) is 5.91 Å². The van der Waals surface area contributed by atoms with Crippen LogP contribution in [0.4, 0.5) is 5.69 Å². The number of thiocarbonyl (C=S) groups is 1. The molecule has 4 nitrogen and oxygen atoms in total. The number of para-hydroxylation sites is 1. The van der Waals surface area contributed by atoms with Crippen LogP contribution in [0.1, 0.15) is 25.3 Å². The van der Waals surface area contributed by atoms with E-state index in [1.807, 2.05) is 6.92 Å². The van der Waals surface area contributed by atoms with Crippen molar-refractivity contribution in [2.75, 3.05) is 18.4 Å². The molecule has 0 spiro atoms. The summed E-state index contributed by atoms with van der Waals surface area (Å²) in [6, 6.07) is 9.05. The second-order valence-corrected chi connectivity index (χ2v) is 6.84. The SMILES string of the molecule is C[C@@H](SC(=S)N1CCCC1)C(=O)Nc1ccccc1C#N. The highest BCUT2D eigenvalue weighted by molar-refractivity contribution is 8.23. The van der Waals surface area contributed by atoms with Crippen molar-refractivity contribution < 1.29 is 4.79 Å². The normalized spacial score (nSPS) is 15.3. The zero-order valence-electron chi connectivity index (χ0n) is 11.8. The van der Waals surface area contributed by atoms with E-state index in [0.717, 1.165) is 30.3 Å². The summed E-state index contributed by atoms with van der Waals surface area (Å²) in [6.07, 6.45) is 2.33. The maximum Gasteiger partial charge on any atom is 0.237 e. The van der Waals surface area contributed by atoms with E-state index in [4.69, 9.17) is 17.5 Å². The van der Waals surface area contributed by atoms with E-state index in [0.29, 0.717) is 11.3 Å². The van der Waals surface area contributed by atoms with Crippen molar-refractivity contribution in [1.29, 1.82) is 5.26 Å². The predicted molar refractivity (Wildman–Crippen MR) is 90.2 cm³/mol. The molecule has 0 radical (unpaired) electrons. The third-order valence-corrected chi connectivity index (χ3v) is 4.89. The summed E-state index contributed by atoms with van der Waals surface area (Å²) in [5, 5.41) is 11.5. The van der Waals surface area contributed by atoms with Gasteiger partial charge < -0.3 is 10.2 Å². The number of anilines is 1. The Bertz CT molecular complexity index is 577. The molecule has 1 saturated heterocycles. The molecule has 0 saturated carbocycles. The van der Waals surface area contributed by atoms with Gasteiger partial charge in [0.15, 0.2) is 0 Å². The van der Waals surface area contributed by atoms with Gasteiger partial charge in [-0.3, -0.25) is 4.79 Å². The molecule has 1 heterocycles. The topological polar surface area (TPSA) is 56.1 Å². The molecule has 2 rings (SSSR count). The molecule has 0 aromatic heterocycles. The number of thioether (sulfide) groups is 1. The number of likely N-dealkylation sites (tertiary alicyclic amines) is 1. The minimum atomic E-state index is -0.287. The van der Waals surface area contributed by atoms with Gasteiger partial charge in [-0.2, -0.15) is 5.26 Å². The van der Waals surface area contributed by atoms with Crippen LogP contribution in [-0.2, 0) is 4.79 Å². The van der Waals surface area contributed by atoms with Crippen LogP contribution in [0.25, 0.3) is 0 Å². The van der Waals surface area contributed by atoms with E-state index in [1.54, 1.807) is 24.3 Å². The standard InChI is InChI=1S/C15H17N3OS2/c1-11(21-15(20)18-8-4-5-9-18)14(19)17-13-7-3-2-6-12(13)10-16/h2-3,6-7,11H,4-5,8-9H2,1H3,(H,17,19)/t11-/m1/s1. The Hall–Kier alpha value is -1.58. The summed E-state index contributed by atoms with van der Waals surface area (Å²) in [7, 11) is 0. The number of carbonyl (C=O) groups is 1. The smallest absolute Gasteiger partial charge is 0.237 e. The molecule has 1 N–H and O–H groups in total. The Balaban J connectivity index is 1.93. The first-order chi connectivity index (χ1) is 10.1. The van der Waals surface area contributed by atoms with Crippen LogP contribution in [0, 0.1) is 11.3 Å². The van der Waals surface area contributed by atoms with Gasteiger partial charge >= 0.3 is 0 Å². The summed E-state index contributed by atoms with van der Waals surface area (Å²) in [5.41, 5.74) is 1.01. The lowest BCUT2D eigenvalue weighted by Gasteiger charge is -2.20. The van der Waals surface area contributed by atoms with Gasteiger partial charge in [0.1, 0.15) is 10.4 Å². The summed E-state index contributed by atoms with van der Waals surface area (Å²) < 4.78 is 0.781. The second kappa shape index (κ2) is 7.43. The van der Waals surface area contributed by atoms with Gasteiger partial charge in [-0.1, -0.05) is 36.1 Å². The van der Waals surface area contributed by atoms with Gasteiger partial charge in [0.25, 0.3) is 0 Å². The molecule has 1 fully saturated rings. The number of carbonyl (C=O) groups excluding carboxylic acids is 1. The van der Waals surface area contributed by atoms with Crippen molar-refractivity contribution in [3.05, 3.63) is 29.8 Å². The zero-order chi connectivity index (χ0) is 15.2. The van der Waals surface area contributed by atoms with E-state index in [2.05, 4.69) is 16.3 Å². The van der Waals surface area contributed by atoms with Crippen molar-refractivity contribution in [3.8, 4) is 6.07 Å². The molecule has 1 aliphatic rings. The molecule has 0 aliphatic carbocycles. The fourth-order valence-electron chi connectivity index (χ4n) is 2.10. The molecule has 1 aromatic rings. The number of amides is 1. The van der Waals surface area contributed by atoms with Crippen molar-refractivity contribution >= 4 is 39.9 Å². The van der Waals surface area contributed by atoms with Crippen LogP contribution in [-0.4, -0.2) is 33.5 Å². The Kier molecular flexibility index (Phi) is 5.59. The predicted octanol–water partition coefficient (Wildman–Crippen LogP) is 3.00. The van der Waals surface area contributed by atoms with E-state index in [1.165, 1.54) is 11.8 Å². The molecule has 6 heteroatoms. The highest BCUT2D eigenvalue weighted by Gasteiger charge is 2.21. The average molecular weight is 319 g/mol. The summed E-state index contributed by atoms with van der Waals surface area (Å²) in [4.78, 5) is 14.4. The second-order valence-electron chi connectivity index (χ2n) is 4.87. The maximum absolute atomic E-state index is 12.2. The molecule has 0 bridgehead atoms. The van der Waals surface area contributed by atoms with Crippen molar-refractivity contribution in [3.63, 3.8) is 0 Å². The van der Waals surface area contributed by atoms with Gasteiger partial charge in [0.05, 0.1) is 16.5 Å². The lowest BCUT2D eigenvalue weighted by Crippen LogP contribution is -2.29. The minimum absolute atomic E-state index is 0.135. The zero-order valence-corrected chi connectivity index (χ0v) is 13.5. The molecule has 1 amide bonds. The summed E-state index contributed by atoms with van der Waals surface area (Å²) >= 11 is 6.78. The number of nitrogens with zero attached hydrogens (tertiary/aromatic N) is 2. The van der Waals surface area contributed by atoms with Gasteiger partial charge in [-0.15, -0.1) is 0 Å². The van der Waals surface area contributed by atoms with Crippen LogP contribution in [0.5, 0.6) is 0 Å². The van der Waals surface area contributed by atoms with E-state index >= 15 is 0 Å². The number of rotatable bonds is 3. The van der Waals surface area contributed by atoms with Crippen molar-refractivity contribution in [1.82, 2.24) is 4.90 Å². The fourth-order valence-corrected chi connectivity index (χ4v) is 3.52. The highest BCUT2D eigenvalue weighted by Crippen LogP contribution is 2.22. The lowest BCUT2D eigenvalue weighted by molar-refractivity contribution is -0.115. The third kappa shape index (κ3) is 4.19. The average Bonchev–Trinajstić information content (AvgIpc) is 3.02. The minimum Gasteiger partial charge on any atom is -0.358 e. The lowest BCUT2D eigenvalue weighted by atomic mass is 10.2. The number of benzene rings is 1. The van der Waals surface area contributed by atoms with Gasteiger partial charge in [0, 0.05) is 13.1 Å². The number of hydrogen-bond donors (Lipinski definition) is 1. The third-order valence-electron chi connectivity index (χ3n) is 3.32. The first-order valence-corrected chi connectivity index (χ1v) is 8.16. The number of hydrogen-bond acceptors (Lipinski definition) is 4. The Morgan fingerprint density at radius 1 is 1.43 bits per heavy atom. The van der Waals surface area contributed by atoms with Crippen LogP contribution in [0.15, 0.2) is 24.3 Å². The molecule has 21 heavy (non-hydrogen) atoms. The molecule has 0 unspecified atom stereocenters. The molecule has 1 atom stereocenters. The van der Waals surface area contributed by atoms with Crippen LogP contribution in [0.2, 0.25) is 0 Å². The van der Waals surface area contributed by atoms with Gasteiger partial charge in [-0.25, -0.2) is 0 Å². The quantitative estimate of drug-likeness (QED) is 0.868. The van der Waals surface area contributed by atoms with Crippen molar-refractivity contribution in [2.45, 2.75) is 25.0 Å².